The Kier molecular flexibility index (Phi) is 3.82. The van der Waals surface area contributed by atoms with Crippen molar-refractivity contribution in [3.05, 3.63) is 53.1 Å². The number of rotatable bonds is 4. The van der Waals surface area contributed by atoms with Crippen LogP contribution in [-0.4, -0.2) is 16.6 Å². The van der Waals surface area contributed by atoms with Crippen molar-refractivity contribution in [2.75, 3.05) is 7.05 Å². The summed E-state index contributed by atoms with van der Waals surface area (Å²) in [7, 11) is 1.93. The molecule has 1 aromatic heterocycles. The van der Waals surface area contributed by atoms with Crippen molar-refractivity contribution >= 4 is 11.6 Å². The van der Waals surface area contributed by atoms with Crippen molar-refractivity contribution < 1.29 is 0 Å². The fourth-order valence-electron chi connectivity index (χ4n) is 1.96. The lowest BCUT2D eigenvalue weighted by molar-refractivity contribution is 0.593. The van der Waals surface area contributed by atoms with Gasteiger partial charge < -0.3 is 9.88 Å². The van der Waals surface area contributed by atoms with E-state index in [0.717, 1.165) is 22.8 Å². The molecule has 1 heterocycles. The van der Waals surface area contributed by atoms with Crippen LogP contribution in [0.15, 0.2) is 36.8 Å². The average Bonchev–Trinajstić information content (AvgIpc) is 2.78. The largest absolute Gasteiger partial charge is 0.326 e. The van der Waals surface area contributed by atoms with Gasteiger partial charge in [0.05, 0.1) is 18.1 Å². The number of nitrogens with one attached hydrogen (secondary N) is 1. The number of hydrogen-bond acceptors (Lipinski definition) is 2. The SMILES string of the molecule is CNCc1cncn1C(C)c1ccccc1Cl. The van der Waals surface area contributed by atoms with Gasteiger partial charge in [-0.3, -0.25) is 0 Å². The third kappa shape index (κ3) is 2.51. The van der Waals surface area contributed by atoms with Crippen molar-refractivity contribution in [3.8, 4) is 0 Å². The number of aromatic nitrogens is 2. The molecule has 2 rings (SSSR count). The molecule has 0 bridgehead atoms. The van der Waals surface area contributed by atoms with Gasteiger partial charge in [0.15, 0.2) is 0 Å². The Morgan fingerprint density at radius 1 is 1.41 bits per heavy atom. The smallest absolute Gasteiger partial charge is 0.0954 e. The molecule has 4 heteroatoms. The van der Waals surface area contributed by atoms with Crippen LogP contribution in [0.3, 0.4) is 0 Å². The topological polar surface area (TPSA) is 29.9 Å². The fourth-order valence-corrected chi connectivity index (χ4v) is 2.26. The number of hydrogen-bond donors (Lipinski definition) is 1. The van der Waals surface area contributed by atoms with Gasteiger partial charge in [-0.25, -0.2) is 4.98 Å². The number of benzene rings is 1. The molecule has 0 aliphatic rings. The molecule has 17 heavy (non-hydrogen) atoms. The van der Waals surface area contributed by atoms with Crippen molar-refractivity contribution in [1.29, 1.82) is 0 Å². The summed E-state index contributed by atoms with van der Waals surface area (Å²) in [5, 5.41) is 3.93. The molecule has 1 N–H and O–H groups in total. The highest BCUT2D eigenvalue weighted by atomic mass is 35.5. The van der Waals surface area contributed by atoms with Gasteiger partial charge in [0.2, 0.25) is 0 Å². The number of nitrogens with zero attached hydrogens (tertiary/aromatic N) is 2. The first-order chi connectivity index (χ1) is 8.24. The molecule has 90 valence electrons. The number of halogens is 1. The van der Waals surface area contributed by atoms with Gasteiger partial charge >= 0.3 is 0 Å². The predicted molar refractivity (Wildman–Crippen MR) is 70.3 cm³/mol. The van der Waals surface area contributed by atoms with Crippen LogP contribution in [0.4, 0.5) is 0 Å². The second-order valence-corrected chi connectivity index (χ2v) is 4.43. The molecule has 0 radical (unpaired) electrons. The summed E-state index contributed by atoms with van der Waals surface area (Å²) in [6.07, 6.45) is 3.73. The van der Waals surface area contributed by atoms with Crippen LogP contribution < -0.4 is 5.32 Å². The second kappa shape index (κ2) is 5.34. The van der Waals surface area contributed by atoms with Gasteiger partial charge in [-0.05, 0) is 25.6 Å². The maximum atomic E-state index is 6.22. The van der Waals surface area contributed by atoms with E-state index < -0.39 is 0 Å². The molecule has 2 aromatic rings. The van der Waals surface area contributed by atoms with E-state index in [4.69, 9.17) is 11.6 Å². The maximum absolute atomic E-state index is 6.22. The van der Waals surface area contributed by atoms with Gasteiger partial charge in [0, 0.05) is 17.8 Å². The summed E-state index contributed by atoms with van der Waals surface area (Å²) in [5.74, 6) is 0. The first-order valence-corrected chi connectivity index (χ1v) is 6.01. The van der Waals surface area contributed by atoms with E-state index in [9.17, 15) is 0 Å². The lowest BCUT2D eigenvalue weighted by Crippen LogP contribution is -2.14. The van der Waals surface area contributed by atoms with Crippen molar-refractivity contribution in [2.24, 2.45) is 0 Å². The average molecular weight is 250 g/mol. The molecule has 0 aliphatic carbocycles. The molecule has 0 saturated carbocycles. The molecule has 0 fully saturated rings. The lowest BCUT2D eigenvalue weighted by Gasteiger charge is -2.18. The van der Waals surface area contributed by atoms with Crippen molar-refractivity contribution in [3.63, 3.8) is 0 Å². The highest BCUT2D eigenvalue weighted by Crippen LogP contribution is 2.26. The standard InChI is InChI=1S/C13H16ClN3/c1-10(12-5-3-4-6-13(12)14)17-9-16-8-11(17)7-15-2/h3-6,8-10,15H,7H2,1-2H3. The van der Waals surface area contributed by atoms with Crippen LogP contribution >= 0.6 is 11.6 Å². The quantitative estimate of drug-likeness (QED) is 0.903. The van der Waals surface area contributed by atoms with Crippen molar-refractivity contribution in [2.45, 2.75) is 19.5 Å². The zero-order valence-electron chi connectivity index (χ0n) is 10.0. The Morgan fingerprint density at radius 3 is 2.88 bits per heavy atom. The first-order valence-electron chi connectivity index (χ1n) is 5.63. The van der Waals surface area contributed by atoms with Gasteiger partial charge in [-0.1, -0.05) is 29.8 Å². The zero-order valence-corrected chi connectivity index (χ0v) is 10.8. The van der Waals surface area contributed by atoms with E-state index in [1.165, 1.54) is 0 Å². The Labute approximate surface area is 106 Å². The van der Waals surface area contributed by atoms with Crippen LogP contribution in [0.1, 0.15) is 24.2 Å². The maximum Gasteiger partial charge on any atom is 0.0954 e. The molecule has 0 aliphatic heterocycles. The van der Waals surface area contributed by atoms with E-state index in [-0.39, 0.29) is 6.04 Å². The van der Waals surface area contributed by atoms with E-state index >= 15 is 0 Å². The minimum atomic E-state index is 0.189. The Balaban J connectivity index is 2.34. The highest BCUT2D eigenvalue weighted by molar-refractivity contribution is 6.31. The van der Waals surface area contributed by atoms with Crippen LogP contribution in [0, 0.1) is 0 Å². The van der Waals surface area contributed by atoms with E-state index in [2.05, 4.69) is 27.9 Å². The Morgan fingerprint density at radius 2 is 2.18 bits per heavy atom. The summed E-state index contributed by atoms with van der Waals surface area (Å²) >= 11 is 6.22. The van der Waals surface area contributed by atoms with Gasteiger partial charge in [-0.2, -0.15) is 0 Å². The summed E-state index contributed by atoms with van der Waals surface area (Å²) in [4.78, 5) is 4.20. The van der Waals surface area contributed by atoms with E-state index in [1.54, 1.807) is 0 Å². The molecule has 0 saturated heterocycles. The summed E-state index contributed by atoms with van der Waals surface area (Å²) in [6, 6.07) is 8.11. The normalized spacial score (nSPS) is 12.6. The van der Waals surface area contributed by atoms with Crippen molar-refractivity contribution in [1.82, 2.24) is 14.9 Å². The monoisotopic (exact) mass is 249 g/mol. The lowest BCUT2D eigenvalue weighted by atomic mass is 10.1. The minimum Gasteiger partial charge on any atom is -0.326 e. The molecule has 0 spiro atoms. The van der Waals surface area contributed by atoms with Gasteiger partial charge in [-0.15, -0.1) is 0 Å². The zero-order chi connectivity index (χ0) is 12.3. The van der Waals surface area contributed by atoms with Crippen LogP contribution in [0.25, 0.3) is 0 Å². The fraction of sp³-hybridized carbons (Fsp3) is 0.308. The molecular formula is C13H16ClN3. The first kappa shape index (κ1) is 12.1. The Hall–Kier alpha value is -1.32. The molecule has 1 atom stereocenters. The molecule has 0 amide bonds. The Bertz CT molecular complexity index is 493. The third-order valence-corrected chi connectivity index (χ3v) is 3.22. The third-order valence-electron chi connectivity index (χ3n) is 2.88. The molecule has 1 aromatic carbocycles. The summed E-state index contributed by atoms with van der Waals surface area (Å²) in [5.41, 5.74) is 2.27. The minimum absolute atomic E-state index is 0.189. The molecular weight excluding hydrogens is 234 g/mol. The number of imidazole rings is 1. The predicted octanol–water partition coefficient (Wildman–Crippen LogP) is 2.87. The van der Waals surface area contributed by atoms with Gasteiger partial charge in [0.25, 0.3) is 0 Å². The van der Waals surface area contributed by atoms with Gasteiger partial charge in [0.1, 0.15) is 0 Å². The molecule has 1 unspecified atom stereocenters. The van der Waals surface area contributed by atoms with Crippen LogP contribution in [0.2, 0.25) is 5.02 Å². The van der Waals surface area contributed by atoms with Crippen LogP contribution in [-0.2, 0) is 6.54 Å². The molecule has 3 nitrogen and oxygen atoms in total. The summed E-state index contributed by atoms with van der Waals surface area (Å²) < 4.78 is 2.14. The van der Waals surface area contributed by atoms with E-state index in [1.807, 2.05) is 37.8 Å². The highest BCUT2D eigenvalue weighted by Gasteiger charge is 2.13. The van der Waals surface area contributed by atoms with E-state index in [0.29, 0.717) is 0 Å². The second-order valence-electron chi connectivity index (χ2n) is 4.02. The summed E-state index contributed by atoms with van der Waals surface area (Å²) in [6.45, 7) is 2.93. The van der Waals surface area contributed by atoms with Crippen LogP contribution in [0.5, 0.6) is 0 Å².